The molecule has 0 atom stereocenters. The lowest BCUT2D eigenvalue weighted by atomic mass is 10.1. The first-order chi connectivity index (χ1) is 8.13. The standard InChI is InChI=1S/C10H8N2O3S2/c13-9-10(16-3-4-17-10)7-5-6(12(14)15)1-2-8(7)11-9/h1-2,5H,3-4H2,(H,11,13). The van der Waals surface area contributed by atoms with E-state index in [-0.39, 0.29) is 11.6 Å². The molecule has 2 aliphatic heterocycles. The van der Waals surface area contributed by atoms with Crippen molar-refractivity contribution in [1.82, 2.24) is 0 Å². The summed E-state index contributed by atoms with van der Waals surface area (Å²) in [5.74, 6) is 1.71. The topological polar surface area (TPSA) is 72.2 Å². The summed E-state index contributed by atoms with van der Waals surface area (Å²) in [5, 5.41) is 13.6. The molecule has 0 unspecified atom stereocenters. The van der Waals surface area contributed by atoms with E-state index in [4.69, 9.17) is 0 Å². The summed E-state index contributed by atoms with van der Waals surface area (Å²) < 4.78 is -0.665. The fourth-order valence-electron chi connectivity index (χ4n) is 2.05. The molecule has 1 saturated heterocycles. The molecule has 17 heavy (non-hydrogen) atoms. The summed E-state index contributed by atoms with van der Waals surface area (Å²) in [6.45, 7) is 0. The van der Waals surface area contributed by atoms with E-state index in [1.54, 1.807) is 29.6 Å². The number of thioether (sulfide) groups is 2. The lowest BCUT2D eigenvalue weighted by Crippen LogP contribution is -2.24. The van der Waals surface area contributed by atoms with Gasteiger partial charge >= 0.3 is 0 Å². The van der Waals surface area contributed by atoms with Crippen LogP contribution < -0.4 is 5.32 Å². The van der Waals surface area contributed by atoms with Crippen molar-refractivity contribution in [3.63, 3.8) is 0 Å². The number of hydrogen-bond acceptors (Lipinski definition) is 5. The minimum absolute atomic E-state index is 0.0349. The Morgan fingerprint density at radius 2 is 2.06 bits per heavy atom. The van der Waals surface area contributed by atoms with Gasteiger partial charge in [0.05, 0.1) is 4.92 Å². The lowest BCUT2D eigenvalue weighted by molar-refractivity contribution is -0.384. The molecule has 1 N–H and O–H groups in total. The van der Waals surface area contributed by atoms with Crippen LogP contribution in [0.3, 0.4) is 0 Å². The summed E-state index contributed by atoms with van der Waals surface area (Å²) >= 11 is 3.10. The number of non-ortho nitro benzene ring substituents is 1. The number of nitro benzene ring substituents is 1. The monoisotopic (exact) mass is 268 g/mol. The molecule has 7 heteroatoms. The third-order valence-corrected chi connectivity index (χ3v) is 6.22. The number of nitrogens with one attached hydrogen (secondary N) is 1. The van der Waals surface area contributed by atoms with Crippen molar-refractivity contribution in [3.05, 3.63) is 33.9 Å². The molecule has 1 amide bonds. The number of nitro groups is 1. The predicted molar refractivity (Wildman–Crippen MR) is 68.3 cm³/mol. The van der Waals surface area contributed by atoms with Crippen molar-refractivity contribution < 1.29 is 9.72 Å². The minimum atomic E-state index is -0.665. The van der Waals surface area contributed by atoms with Crippen LogP contribution in [-0.2, 0) is 8.87 Å². The Hall–Kier alpha value is -1.21. The number of nitrogens with zero attached hydrogens (tertiary/aromatic N) is 1. The van der Waals surface area contributed by atoms with Gasteiger partial charge in [0.25, 0.3) is 11.6 Å². The summed E-state index contributed by atoms with van der Waals surface area (Å²) in [5.41, 5.74) is 1.47. The highest BCUT2D eigenvalue weighted by Gasteiger charge is 2.51. The fraction of sp³-hybridized carbons (Fsp3) is 0.300. The zero-order valence-electron chi connectivity index (χ0n) is 8.63. The molecule has 5 nitrogen and oxygen atoms in total. The van der Waals surface area contributed by atoms with E-state index in [9.17, 15) is 14.9 Å². The predicted octanol–water partition coefficient (Wildman–Crippen LogP) is 2.18. The van der Waals surface area contributed by atoms with Crippen molar-refractivity contribution in [2.24, 2.45) is 0 Å². The molecular formula is C10H8N2O3S2. The van der Waals surface area contributed by atoms with Gasteiger partial charge in [0.2, 0.25) is 0 Å². The van der Waals surface area contributed by atoms with Gasteiger partial charge in [-0.25, -0.2) is 0 Å². The van der Waals surface area contributed by atoms with Gasteiger partial charge in [-0.3, -0.25) is 14.9 Å². The fourth-order valence-corrected chi connectivity index (χ4v) is 5.14. The maximum absolute atomic E-state index is 12.0. The SMILES string of the molecule is O=C1Nc2ccc([N+](=O)[O-])cc2C12SCCS2. The number of carbonyl (C=O) groups excluding carboxylic acids is 1. The van der Waals surface area contributed by atoms with Crippen LogP contribution >= 0.6 is 23.5 Å². The highest BCUT2D eigenvalue weighted by molar-refractivity contribution is 8.21. The molecule has 3 rings (SSSR count). The maximum atomic E-state index is 12.0. The zero-order valence-corrected chi connectivity index (χ0v) is 10.3. The van der Waals surface area contributed by atoms with Gasteiger partial charge in [-0.05, 0) is 6.07 Å². The second kappa shape index (κ2) is 3.64. The first-order valence-corrected chi connectivity index (χ1v) is 6.99. The Balaban J connectivity index is 2.16. The molecule has 0 radical (unpaired) electrons. The van der Waals surface area contributed by atoms with Crippen LogP contribution in [0.4, 0.5) is 11.4 Å². The van der Waals surface area contributed by atoms with Gasteiger partial charge in [-0.2, -0.15) is 0 Å². The molecule has 0 aliphatic carbocycles. The van der Waals surface area contributed by atoms with Crippen LogP contribution in [-0.4, -0.2) is 22.3 Å². The second-order valence-corrected chi connectivity index (χ2v) is 6.63. The largest absolute Gasteiger partial charge is 0.323 e. The van der Waals surface area contributed by atoms with E-state index < -0.39 is 9.00 Å². The molecule has 2 aliphatic rings. The first kappa shape index (κ1) is 10.9. The minimum Gasteiger partial charge on any atom is -0.323 e. The summed E-state index contributed by atoms with van der Waals surface area (Å²) in [6.07, 6.45) is 0. The van der Waals surface area contributed by atoms with Gasteiger partial charge in [0.1, 0.15) is 0 Å². The average molecular weight is 268 g/mol. The van der Waals surface area contributed by atoms with Crippen LogP contribution in [0.25, 0.3) is 0 Å². The number of anilines is 1. The summed E-state index contributed by atoms with van der Waals surface area (Å²) in [7, 11) is 0. The molecule has 0 saturated carbocycles. The van der Waals surface area contributed by atoms with Crippen molar-refractivity contribution in [2.75, 3.05) is 16.8 Å². The van der Waals surface area contributed by atoms with Crippen molar-refractivity contribution in [1.29, 1.82) is 0 Å². The molecule has 0 bridgehead atoms. The van der Waals surface area contributed by atoms with E-state index in [2.05, 4.69) is 5.32 Å². The van der Waals surface area contributed by atoms with Crippen molar-refractivity contribution in [2.45, 2.75) is 4.08 Å². The highest BCUT2D eigenvalue weighted by Crippen LogP contribution is 2.57. The number of benzene rings is 1. The Morgan fingerprint density at radius 1 is 1.35 bits per heavy atom. The molecule has 2 heterocycles. The van der Waals surface area contributed by atoms with Crippen LogP contribution in [0.15, 0.2) is 18.2 Å². The third-order valence-electron chi connectivity index (χ3n) is 2.81. The van der Waals surface area contributed by atoms with Gasteiger partial charge < -0.3 is 5.32 Å². The molecule has 1 aromatic rings. The summed E-state index contributed by atoms with van der Waals surface area (Å²) in [4.78, 5) is 22.4. The Kier molecular flexibility index (Phi) is 2.34. The number of fused-ring (bicyclic) bond motifs is 2. The number of carbonyl (C=O) groups is 1. The van der Waals surface area contributed by atoms with Crippen LogP contribution in [0.1, 0.15) is 5.56 Å². The number of rotatable bonds is 1. The Morgan fingerprint density at radius 3 is 2.71 bits per heavy atom. The van der Waals surface area contributed by atoms with Gasteiger partial charge in [0.15, 0.2) is 4.08 Å². The molecule has 1 fully saturated rings. The second-order valence-electron chi connectivity index (χ2n) is 3.75. The van der Waals surface area contributed by atoms with Crippen LogP contribution in [0.5, 0.6) is 0 Å². The maximum Gasteiger partial charge on any atom is 0.269 e. The molecule has 1 aromatic carbocycles. The number of amides is 1. The van der Waals surface area contributed by atoms with Gasteiger partial charge in [0, 0.05) is 34.9 Å². The van der Waals surface area contributed by atoms with Crippen molar-refractivity contribution >= 4 is 40.8 Å². The molecule has 0 aromatic heterocycles. The van der Waals surface area contributed by atoms with Gasteiger partial charge in [-0.1, -0.05) is 0 Å². The molecule has 1 spiro atoms. The van der Waals surface area contributed by atoms with E-state index >= 15 is 0 Å². The van der Waals surface area contributed by atoms with Crippen molar-refractivity contribution in [3.8, 4) is 0 Å². The quantitative estimate of drug-likeness (QED) is 0.624. The third kappa shape index (κ3) is 1.45. The first-order valence-electron chi connectivity index (χ1n) is 5.02. The van der Waals surface area contributed by atoms with E-state index in [0.717, 1.165) is 17.1 Å². The van der Waals surface area contributed by atoms with Crippen LogP contribution in [0.2, 0.25) is 0 Å². The molecular weight excluding hydrogens is 260 g/mol. The lowest BCUT2D eigenvalue weighted by Gasteiger charge is -2.18. The van der Waals surface area contributed by atoms with Gasteiger partial charge in [-0.15, -0.1) is 23.5 Å². The molecule has 88 valence electrons. The van der Waals surface area contributed by atoms with Crippen LogP contribution in [0, 0.1) is 10.1 Å². The normalized spacial score (nSPS) is 20.4. The Bertz CT molecular complexity index is 526. The smallest absolute Gasteiger partial charge is 0.269 e. The highest BCUT2D eigenvalue weighted by atomic mass is 32.2. The Labute approximate surface area is 105 Å². The van der Waals surface area contributed by atoms with E-state index in [1.807, 2.05) is 0 Å². The zero-order chi connectivity index (χ0) is 12.0. The number of hydrogen-bond donors (Lipinski definition) is 1. The van der Waals surface area contributed by atoms with E-state index in [0.29, 0.717) is 5.69 Å². The summed E-state index contributed by atoms with van der Waals surface area (Å²) in [6, 6.07) is 4.54. The van der Waals surface area contributed by atoms with E-state index in [1.165, 1.54) is 12.1 Å². The average Bonchev–Trinajstić information content (AvgIpc) is 2.88.